The summed E-state index contributed by atoms with van der Waals surface area (Å²) in [6.45, 7) is 3.68. The predicted octanol–water partition coefficient (Wildman–Crippen LogP) is 5.27. The molecule has 0 bridgehead atoms. The van der Waals surface area contributed by atoms with Gasteiger partial charge in [-0.2, -0.15) is 0 Å². The zero-order valence-electron chi connectivity index (χ0n) is 15.6. The lowest BCUT2D eigenvalue weighted by Crippen LogP contribution is -2.19. The number of aryl methyl sites for hydroxylation is 2. The fraction of sp³-hybridized carbons (Fsp3) is 0.100. The molecule has 2 aromatic heterocycles. The lowest BCUT2D eigenvalue weighted by molar-refractivity contribution is 0.103. The van der Waals surface area contributed by atoms with Crippen LogP contribution < -0.4 is 16.0 Å². The molecule has 0 saturated heterocycles. The summed E-state index contributed by atoms with van der Waals surface area (Å²) in [5.41, 5.74) is 3.11. The molecule has 0 aliphatic rings. The minimum atomic E-state index is -0.414. The van der Waals surface area contributed by atoms with Gasteiger partial charge in [0.15, 0.2) is 10.3 Å². The quantitative estimate of drug-likeness (QED) is 0.417. The molecule has 3 amide bonds. The number of nitrogens with zero attached hydrogens (tertiary/aromatic N) is 2. The van der Waals surface area contributed by atoms with E-state index in [4.69, 9.17) is 0 Å². The van der Waals surface area contributed by atoms with Gasteiger partial charge in [0.05, 0.1) is 15.9 Å². The maximum absolute atomic E-state index is 12.6. The number of urea groups is 1. The van der Waals surface area contributed by atoms with Crippen LogP contribution in [0.4, 0.5) is 20.7 Å². The number of fused-ring (bicyclic) bond motifs is 1. The number of para-hydroxylation sites is 1. The number of rotatable bonds is 4. The van der Waals surface area contributed by atoms with Gasteiger partial charge in [-0.05, 0) is 43.7 Å². The van der Waals surface area contributed by atoms with Crippen molar-refractivity contribution in [2.45, 2.75) is 13.8 Å². The van der Waals surface area contributed by atoms with Gasteiger partial charge in [0.1, 0.15) is 4.88 Å². The summed E-state index contributed by atoms with van der Waals surface area (Å²) < 4.78 is 0.999. The van der Waals surface area contributed by atoms with Crippen LogP contribution >= 0.6 is 22.7 Å². The lowest BCUT2D eigenvalue weighted by atomic mass is 10.2. The highest BCUT2D eigenvalue weighted by atomic mass is 32.1. The number of anilines is 3. The molecule has 7 nitrogen and oxygen atoms in total. The first-order valence-electron chi connectivity index (χ1n) is 8.77. The topological polar surface area (TPSA) is 96.0 Å². The van der Waals surface area contributed by atoms with Gasteiger partial charge in [0.25, 0.3) is 5.91 Å². The third-order valence-corrected chi connectivity index (χ3v) is 6.04. The van der Waals surface area contributed by atoms with Crippen molar-refractivity contribution < 1.29 is 9.59 Å². The number of nitrogens with one attached hydrogen (secondary N) is 3. The van der Waals surface area contributed by atoms with E-state index in [2.05, 4.69) is 25.9 Å². The van der Waals surface area contributed by atoms with E-state index in [0.717, 1.165) is 27.1 Å². The second kappa shape index (κ2) is 7.98. The second-order valence-corrected chi connectivity index (χ2v) is 8.35. The SMILES string of the molecule is Cc1cccc(NC(=O)Nc2nc(C)c(C(=O)Nc3nc4ccccc4s3)s2)c1. The summed E-state index contributed by atoms with van der Waals surface area (Å²) in [6, 6.07) is 14.7. The van der Waals surface area contributed by atoms with E-state index < -0.39 is 6.03 Å². The molecule has 29 heavy (non-hydrogen) atoms. The fourth-order valence-electron chi connectivity index (χ4n) is 2.72. The molecule has 146 valence electrons. The van der Waals surface area contributed by atoms with Crippen molar-refractivity contribution in [3.05, 3.63) is 64.7 Å². The van der Waals surface area contributed by atoms with Gasteiger partial charge >= 0.3 is 6.03 Å². The standard InChI is InChI=1S/C20H17N5O2S2/c1-11-6-5-7-13(10-11)22-18(27)25-19-21-12(2)16(29-19)17(26)24-20-23-14-8-3-4-9-15(14)28-20/h3-10H,1-2H3,(H,23,24,26)(H2,21,22,25,27). The molecule has 4 rings (SSSR count). The maximum Gasteiger partial charge on any atom is 0.325 e. The molecular formula is C20H17N5O2S2. The Bertz CT molecular complexity index is 1180. The van der Waals surface area contributed by atoms with Crippen molar-refractivity contribution in [1.82, 2.24) is 9.97 Å². The van der Waals surface area contributed by atoms with Crippen molar-refractivity contribution in [3.8, 4) is 0 Å². The van der Waals surface area contributed by atoms with E-state index in [1.165, 1.54) is 11.3 Å². The average Bonchev–Trinajstić information content (AvgIpc) is 3.24. The molecule has 0 fully saturated rings. The first-order valence-corrected chi connectivity index (χ1v) is 10.4. The van der Waals surface area contributed by atoms with Crippen LogP contribution in [0.2, 0.25) is 0 Å². The Labute approximate surface area is 174 Å². The van der Waals surface area contributed by atoms with Crippen LogP contribution in [0, 0.1) is 13.8 Å². The molecule has 2 aromatic carbocycles. The molecule has 0 aliphatic heterocycles. The number of hydrogen-bond acceptors (Lipinski definition) is 6. The third-order valence-electron chi connectivity index (χ3n) is 4.01. The number of thiazole rings is 2. The van der Waals surface area contributed by atoms with E-state index in [-0.39, 0.29) is 5.91 Å². The number of carbonyl (C=O) groups is 2. The highest BCUT2D eigenvalue weighted by molar-refractivity contribution is 7.22. The summed E-state index contributed by atoms with van der Waals surface area (Å²) >= 11 is 2.52. The Morgan fingerprint density at radius 1 is 0.862 bits per heavy atom. The summed E-state index contributed by atoms with van der Waals surface area (Å²) in [5.74, 6) is -0.300. The Morgan fingerprint density at radius 3 is 2.45 bits per heavy atom. The lowest BCUT2D eigenvalue weighted by Gasteiger charge is -2.05. The largest absolute Gasteiger partial charge is 0.325 e. The van der Waals surface area contributed by atoms with Gasteiger partial charge in [-0.15, -0.1) is 0 Å². The van der Waals surface area contributed by atoms with E-state index in [9.17, 15) is 9.59 Å². The van der Waals surface area contributed by atoms with Crippen LogP contribution in [0.25, 0.3) is 10.2 Å². The van der Waals surface area contributed by atoms with Crippen LogP contribution in [-0.2, 0) is 0 Å². The van der Waals surface area contributed by atoms with Gasteiger partial charge in [-0.1, -0.05) is 46.9 Å². The Kier molecular flexibility index (Phi) is 5.24. The Morgan fingerprint density at radius 2 is 1.66 bits per heavy atom. The number of hydrogen-bond donors (Lipinski definition) is 3. The number of aromatic nitrogens is 2. The highest BCUT2D eigenvalue weighted by Crippen LogP contribution is 2.28. The van der Waals surface area contributed by atoms with Gasteiger partial charge in [0.2, 0.25) is 0 Å². The molecule has 2 heterocycles. The summed E-state index contributed by atoms with van der Waals surface area (Å²) in [4.78, 5) is 34.0. The summed E-state index contributed by atoms with van der Waals surface area (Å²) in [6.07, 6.45) is 0. The van der Waals surface area contributed by atoms with Gasteiger partial charge in [-0.3, -0.25) is 15.4 Å². The van der Waals surface area contributed by atoms with Crippen molar-refractivity contribution in [2.75, 3.05) is 16.0 Å². The zero-order chi connectivity index (χ0) is 20.4. The molecule has 0 radical (unpaired) electrons. The molecular weight excluding hydrogens is 406 g/mol. The first kappa shape index (κ1) is 19.0. The van der Waals surface area contributed by atoms with Crippen molar-refractivity contribution in [1.29, 1.82) is 0 Å². The molecule has 3 N–H and O–H groups in total. The van der Waals surface area contributed by atoms with Gasteiger partial charge in [-0.25, -0.2) is 14.8 Å². The van der Waals surface area contributed by atoms with Crippen LogP contribution in [0.1, 0.15) is 20.9 Å². The Hall–Kier alpha value is -3.30. The molecule has 0 spiro atoms. The molecule has 0 unspecified atom stereocenters. The smallest absolute Gasteiger partial charge is 0.308 e. The third kappa shape index (κ3) is 4.41. The van der Waals surface area contributed by atoms with Crippen molar-refractivity contribution in [2.24, 2.45) is 0 Å². The van der Waals surface area contributed by atoms with Gasteiger partial charge < -0.3 is 5.32 Å². The van der Waals surface area contributed by atoms with E-state index in [0.29, 0.717) is 26.5 Å². The highest BCUT2D eigenvalue weighted by Gasteiger charge is 2.18. The van der Waals surface area contributed by atoms with Crippen LogP contribution in [0.5, 0.6) is 0 Å². The number of carbonyl (C=O) groups excluding carboxylic acids is 2. The van der Waals surface area contributed by atoms with Crippen LogP contribution in [0.15, 0.2) is 48.5 Å². The van der Waals surface area contributed by atoms with Crippen molar-refractivity contribution >= 4 is 60.8 Å². The molecule has 0 atom stereocenters. The molecule has 9 heteroatoms. The summed E-state index contributed by atoms with van der Waals surface area (Å²) in [5, 5.41) is 9.11. The second-order valence-electron chi connectivity index (χ2n) is 6.32. The Balaban J connectivity index is 1.44. The minimum Gasteiger partial charge on any atom is -0.308 e. The maximum atomic E-state index is 12.6. The molecule has 4 aromatic rings. The summed E-state index contributed by atoms with van der Waals surface area (Å²) in [7, 11) is 0. The molecule has 0 saturated carbocycles. The minimum absolute atomic E-state index is 0.300. The number of benzene rings is 2. The first-order chi connectivity index (χ1) is 14.0. The average molecular weight is 424 g/mol. The van der Waals surface area contributed by atoms with E-state index in [1.807, 2.05) is 49.4 Å². The van der Waals surface area contributed by atoms with Crippen LogP contribution in [0.3, 0.4) is 0 Å². The zero-order valence-corrected chi connectivity index (χ0v) is 17.3. The predicted molar refractivity (Wildman–Crippen MR) is 118 cm³/mol. The van der Waals surface area contributed by atoms with Crippen molar-refractivity contribution in [3.63, 3.8) is 0 Å². The molecule has 0 aliphatic carbocycles. The van der Waals surface area contributed by atoms with Crippen LogP contribution in [-0.4, -0.2) is 21.9 Å². The fourth-order valence-corrected chi connectivity index (χ4v) is 4.44. The monoisotopic (exact) mass is 423 g/mol. The normalized spacial score (nSPS) is 10.7. The van der Waals surface area contributed by atoms with Gasteiger partial charge in [0, 0.05) is 5.69 Å². The van der Waals surface area contributed by atoms with E-state index >= 15 is 0 Å². The number of amides is 3. The van der Waals surface area contributed by atoms with E-state index in [1.54, 1.807) is 13.0 Å².